The summed E-state index contributed by atoms with van der Waals surface area (Å²) in [5, 5.41) is 4.42. The molecule has 1 atom stereocenters. The number of hydrogen-bond donors (Lipinski definition) is 2. The molecule has 4 amide bonds. The number of hydrogen-bond acceptors (Lipinski definition) is 5. The van der Waals surface area contributed by atoms with Crippen molar-refractivity contribution in [2.75, 3.05) is 0 Å². The quantitative estimate of drug-likeness (QED) is 0.494. The molecule has 1 unspecified atom stereocenters. The Labute approximate surface area is 183 Å². The van der Waals surface area contributed by atoms with Gasteiger partial charge in [-0.25, -0.2) is 0 Å². The molecule has 0 spiro atoms. The molecule has 2 aliphatic heterocycles. The lowest BCUT2D eigenvalue weighted by Gasteiger charge is -2.29. The second-order valence-corrected chi connectivity index (χ2v) is 7.34. The number of halogens is 2. The van der Waals surface area contributed by atoms with E-state index in [4.69, 9.17) is 0 Å². The molecular formula is C22H22F2N4O4. The minimum absolute atomic E-state index is 0.146. The molecule has 3 rings (SSSR count). The highest BCUT2D eigenvalue weighted by Gasteiger charge is 2.43. The second-order valence-electron chi connectivity index (χ2n) is 7.34. The summed E-state index contributed by atoms with van der Waals surface area (Å²) in [6.45, 7) is 4.68. The molecule has 2 heterocycles. The first kappa shape index (κ1) is 23.0. The number of amides is 4. The van der Waals surface area contributed by atoms with E-state index in [1.807, 2.05) is 0 Å². The van der Waals surface area contributed by atoms with Gasteiger partial charge in [-0.15, -0.1) is 0 Å². The van der Waals surface area contributed by atoms with Crippen LogP contribution in [0.2, 0.25) is 0 Å². The maximum absolute atomic E-state index is 14.4. The Bertz CT molecular complexity index is 1050. The number of alkyl halides is 2. The van der Waals surface area contributed by atoms with Crippen LogP contribution in [0.15, 0.2) is 47.6 Å². The van der Waals surface area contributed by atoms with Crippen LogP contribution in [0.3, 0.4) is 0 Å². The molecule has 1 aromatic carbocycles. The van der Waals surface area contributed by atoms with Gasteiger partial charge in [0.1, 0.15) is 11.7 Å². The minimum atomic E-state index is -3.83. The highest BCUT2D eigenvalue weighted by Crippen LogP contribution is 2.29. The van der Waals surface area contributed by atoms with Crippen molar-refractivity contribution >= 4 is 29.8 Å². The van der Waals surface area contributed by atoms with Crippen molar-refractivity contribution in [3.8, 4) is 0 Å². The van der Waals surface area contributed by atoms with E-state index in [0.717, 1.165) is 12.3 Å². The molecule has 0 bridgehead atoms. The van der Waals surface area contributed by atoms with E-state index >= 15 is 0 Å². The number of carbonyl (C=O) groups is 4. The molecule has 1 saturated heterocycles. The summed E-state index contributed by atoms with van der Waals surface area (Å²) in [5.74, 6) is -6.57. The van der Waals surface area contributed by atoms with E-state index in [-0.39, 0.29) is 37.7 Å². The molecule has 0 saturated carbocycles. The fourth-order valence-electron chi connectivity index (χ4n) is 3.62. The topological polar surface area (TPSA) is 108 Å². The molecule has 1 aromatic rings. The van der Waals surface area contributed by atoms with Gasteiger partial charge in [-0.1, -0.05) is 30.9 Å². The van der Waals surface area contributed by atoms with E-state index in [1.165, 1.54) is 24.0 Å². The van der Waals surface area contributed by atoms with Crippen molar-refractivity contribution < 1.29 is 28.0 Å². The summed E-state index contributed by atoms with van der Waals surface area (Å²) in [5.41, 5.74) is 0.824. The van der Waals surface area contributed by atoms with Crippen LogP contribution in [0.25, 0.3) is 0 Å². The standard InChI is InChI=1S/C22H22F2N4O4/c1-3-9-25-17(4-2)22(23,24)21(32)26-11-13-5-6-15-14(10-13)12-28(20(15)31)16-7-8-18(29)27-19(16)30/h3-6,9-10,16H,1,7-8,11-12H2,2H3,(H,26,32)(H,27,29,30)/b17-4-,25-9?. The van der Waals surface area contributed by atoms with Gasteiger partial charge >= 0.3 is 5.92 Å². The minimum Gasteiger partial charge on any atom is -0.346 e. The van der Waals surface area contributed by atoms with Crippen LogP contribution in [0.4, 0.5) is 8.78 Å². The number of fused-ring (bicyclic) bond motifs is 1. The number of nitrogens with one attached hydrogen (secondary N) is 2. The molecule has 10 heteroatoms. The average molecular weight is 444 g/mol. The van der Waals surface area contributed by atoms with Crippen molar-refractivity contribution in [1.29, 1.82) is 0 Å². The van der Waals surface area contributed by atoms with Gasteiger partial charge in [0.15, 0.2) is 0 Å². The van der Waals surface area contributed by atoms with Crippen LogP contribution in [0, 0.1) is 0 Å². The van der Waals surface area contributed by atoms with Gasteiger partial charge in [-0.2, -0.15) is 8.78 Å². The lowest BCUT2D eigenvalue weighted by atomic mass is 10.0. The van der Waals surface area contributed by atoms with Crippen molar-refractivity contribution in [3.05, 3.63) is 59.3 Å². The summed E-state index contributed by atoms with van der Waals surface area (Å²) in [6.07, 6.45) is 3.73. The number of carbonyl (C=O) groups excluding carboxylic acids is 4. The van der Waals surface area contributed by atoms with E-state index in [9.17, 15) is 28.0 Å². The molecule has 168 valence electrons. The molecule has 8 nitrogen and oxygen atoms in total. The first-order valence-electron chi connectivity index (χ1n) is 9.93. The van der Waals surface area contributed by atoms with E-state index in [2.05, 4.69) is 22.2 Å². The number of aliphatic imine (C=N–C) groups is 1. The Hall–Kier alpha value is -3.69. The zero-order chi connectivity index (χ0) is 23.5. The number of nitrogens with zero attached hydrogens (tertiary/aromatic N) is 2. The van der Waals surface area contributed by atoms with Crippen molar-refractivity contribution in [2.45, 2.75) is 44.8 Å². The molecular weight excluding hydrogens is 422 g/mol. The van der Waals surface area contributed by atoms with Crippen LogP contribution in [-0.4, -0.2) is 46.7 Å². The van der Waals surface area contributed by atoms with Gasteiger partial charge < -0.3 is 10.2 Å². The maximum Gasteiger partial charge on any atom is 0.365 e. The number of piperidine rings is 1. The molecule has 32 heavy (non-hydrogen) atoms. The third kappa shape index (κ3) is 4.48. The molecule has 0 aromatic heterocycles. The lowest BCUT2D eigenvalue weighted by molar-refractivity contribution is -0.141. The number of benzene rings is 1. The van der Waals surface area contributed by atoms with E-state index in [0.29, 0.717) is 16.7 Å². The molecule has 0 radical (unpaired) electrons. The normalized spacial score (nSPS) is 19.2. The fraction of sp³-hybridized carbons (Fsp3) is 0.318. The first-order valence-corrected chi connectivity index (χ1v) is 9.93. The third-order valence-electron chi connectivity index (χ3n) is 5.24. The second kappa shape index (κ2) is 9.21. The Morgan fingerprint density at radius 1 is 1.38 bits per heavy atom. The van der Waals surface area contributed by atoms with Gasteiger partial charge in [-0.3, -0.25) is 29.5 Å². The van der Waals surface area contributed by atoms with E-state index < -0.39 is 29.5 Å². The summed E-state index contributed by atoms with van der Waals surface area (Å²) < 4.78 is 28.7. The summed E-state index contributed by atoms with van der Waals surface area (Å²) in [7, 11) is 0. The Morgan fingerprint density at radius 3 is 2.78 bits per heavy atom. The average Bonchev–Trinajstić information content (AvgIpc) is 3.08. The van der Waals surface area contributed by atoms with Crippen molar-refractivity contribution in [3.63, 3.8) is 0 Å². The number of imide groups is 1. The summed E-state index contributed by atoms with van der Waals surface area (Å²) in [4.78, 5) is 53.1. The predicted molar refractivity (Wildman–Crippen MR) is 112 cm³/mol. The van der Waals surface area contributed by atoms with Crippen molar-refractivity contribution in [1.82, 2.24) is 15.5 Å². The first-order chi connectivity index (χ1) is 15.2. The van der Waals surface area contributed by atoms with Gasteiger partial charge in [-0.05, 0) is 30.5 Å². The monoisotopic (exact) mass is 444 g/mol. The van der Waals surface area contributed by atoms with Crippen LogP contribution >= 0.6 is 0 Å². The van der Waals surface area contributed by atoms with Gasteiger partial charge in [0, 0.05) is 31.3 Å². The fourth-order valence-corrected chi connectivity index (χ4v) is 3.62. The Kier molecular flexibility index (Phi) is 6.61. The van der Waals surface area contributed by atoms with Crippen LogP contribution in [0.5, 0.6) is 0 Å². The van der Waals surface area contributed by atoms with Gasteiger partial charge in [0.25, 0.3) is 11.8 Å². The van der Waals surface area contributed by atoms with Gasteiger partial charge in [0.05, 0.1) is 0 Å². The smallest absolute Gasteiger partial charge is 0.346 e. The summed E-state index contributed by atoms with van der Waals surface area (Å²) in [6, 6.07) is 3.97. The zero-order valence-electron chi connectivity index (χ0n) is 17.4. The number of rotatable bonds is 7. The lowest BCUT2D eigenvalue weighted by Crippen LogP contribution is -2.52. The highest BCUT2D eigenvalue weighted by atomic mass is 19.3. The molecule has 1 fully saturated rings. The molecule has 2 N–H and O–H groups in total. The third-order valence-corrected chi connectivity index (χ3v) is 5.24. The maximum atomic E-state index is 14.4. The van der Waals surface area contributed by atoms with Crippen LogP contribution in [-0.2, 0) is 27.5 Å². The van der Waals surface area contributed by atoms with Crippen LogP contribution in [0.1, 0.15) is 41.3 Å². The highest BCUT2D eigenvalue weighted by molar-refractivity contribution is 6.05. The predicted octanol–water partition coefficient (Wildman–Crippen LogP) is 1.86. The van der Waals surface area contributed by atoms with Crippen molar-refractivity contribution in [2.24, 2.45) is 4.99 Å². The zero-order valence-corrected chi connectivity index (χ0v) is 17.4. The number of allylic oxidation sites excluding steroid dienone is 2. The largest absolute Gasteiger partial charge is 0.365 e. The SMILES string of the molecule is C=CC=N/C(=C\C)C(F)(F)C(=O)NCc1ccc2c(c1)CN(C1CCC(=O)NC1=O)C2=O. The van der Waals surface area contributed by atoms with Gasteiger partial charge in [0.2, 0.25) is 11.8 Å². The summed E-state index contributed by atoms with van der Waals surface area (Å²) >= 11 is 0. The van der Waals surface area contributed by atoms with E-state index in [1.54, 1.807) is 12.1 Å². The molecule has 0 aliphatic carbocycles. The molecule has 2 aliphatic rings. The Balaban J connectivity index is 1.68. The Morgan fingerprint density at radius 2 is 2.12 bits per heavy atom. The van der Waals surface area contributed by atoms with Crippen LogP contribution < -0.4 is 10.6 Å².